The van der Waals surface area contributed by atoms with E-state index >= 15 is 0 Å². The number of cyclic esters (lactones) is 1. The Bertz CT molecular complexity index is 1400. The lowest BCUT2D eigenvalue weighted by Crippen LogP contribution is -2.40. The Kier molecular flexibility index (Phi) is 7.35. The first-order chi connectivity index (χ1) is 18.0. The molecule has 2 aromatic heterocycles. The van der Waals surface area contributed by atoms with Gasteiger partial charge in [0.15, 0.2) is 0 Å². The summed E-state index contributed by atoms with van der Waals surface area (Å²) in [7, 11) is 0. The smallest absolute Gasteiger partial charge is 0.416 e. The predicted octanol–water partition coefficient (Wildman–Crippen LogP) is 6.47. The van der Waals surface area contributed by atoms with E-state index in [1.807, 2.05) is 43.3 Å². The molecule has 1 aliphatic rings. The van der Waals surface area contributed by atoms with Crippen LogP contribution in [-0.2, 0) is 22.5 Å². The number of carbonyl (C=O) groups excluding carboxylic acids is 2. The second kappa shape index (κ2) is 11.0. The third-order valence-corrected chi connectivity index (χ3v) is 7.07. The van der Waals surface area contributed by atoms with Crippen LogP contribution in [0.15, 0.2) is 72.9 Å². The fourth-order valence-electron chi connectivity index (χ4n) is 5.30. The number of aromatic nitrogens is 2. The first-order valence-corrected chi connectivity index (χ1v) is 13.1. The Balaban J connectivity index is 1.20. The molecule has 0 radical (unpaired) electrons. The van der Waals surface area contributed by atoms with Crippen LogP contribution in [0.3, 0.4) is 0 Å². The molecule has 2 amide bonds. The monoisotopic (exact) mass is 495 g/mol. The number of benzene rings is 2. The van der Waals surface area contributed by atoms with Crippen molar-refractivity contribution < 1.29 is 14.3 Å². The number of ether oxygens (including phenoxy) is 1. The molecular weight excluding hydrogens is 462 g/mol. The highest BCUT2D eigenvalue weighted by Crippen LogP contribution is 2.32. The molecule has 0 spiro atoms. The lowest BCUT2D eigenvalue weighted by Gasteiger charge is -2.19. The zero-order chi connectivity index (χ0) is 25.8. The number of unbranched alkanes of at least 4 members (excludes halogenated alkanes) is 2. The number of fused-ring (bicyclic) bond motifs is 1. The van der Waals surface area contributed by atoms with Crippen LogP contribution in [0, 0.1) is 13.8 Å². The Morgan fingerprint density at radius 1 is 1.00 bits per heavy atom. The minimum Gasteiger partial charge on any atom is -0.447 e. The second-order valence-electron chi connectivity index (χ2n) is 9.88. The molecule has 1 aliphatic heterocycles. The lowest BCUT2D eigenvalue weighted by atomic mass is 10.0. The molecule has 0 bridgehead atoms. The van der Waals surface area contributed by atoms with Crippen molar-refractivity contribution in [3.05, 3.63) is 89.7 Å². The van der Waals surface area contributed by atoms with Gasteiger partial charge in [0, 0.05) is 35.8 Å². The highest BCUT2D eigenvalue weighted by atomic mass is 16.6. The summed E-state index contributed by atoms with van der Waals surface area (Å²) >= 11 is 0. The van der Waals surface area contributed by atoms with Gasteiger partial charge in [-0.2, -0.15) is 0 Å². The molecule has 0 saturated carbocycles. The van der Waals surface area contributed by atoms with E-state index < -0.39 is 6.09 Å². The molecule has 4 aromatic rings. The van der Waals surface area contributed by atoms with Crippen LogP contribution in [-0.4, -0.2) is 39.1 Å². The Morgan fingerprint density at radius 3 is 2.49 bits per heavy atom. The third kappa shape index (κ3) is 5.43. The summed E-state index contributed by atoms with van der Waals surface area (Å²) < 4.78 is 7.45. The van der Waals surface area contributed by atoms with E-state index in [0.717, 1.165) is 42.7 Å². The second-order valence-corrected chi connectivity index (χ2v) is 9.88. The summed E-state index contributed by atoms with van der Waals surface area (Å²) in [4.78, 5) is 31.4. The minimum atomic E-state index is -0.519. The molecule has 190 valence electrons. The number of pyridine rings is 1. The van der Waals surface area contributed by atoms with Gasteiger partial charge in [-0.05, 0) is 55.9 Å². The van der Waals surface area contributed by atoms with Crippen molar-refractivity contribution in [1.82, 2.24) is 14.5 Å². The van der Waals surface area contributed by atoms with Crippen molar-refractivity contribution in [1.29, 1.82) is 0 Å². The van der Waals surface area contributed by atoms with E-state index in [1.165, 1.54) is 27.0 Å². The molecule has 0 N–H and O–H groups in total. The SMILES string of the molecule is Cc1cc(C)c2c(-c3ccccc3)cn(CCCCCC(=O)N3C(=O)OC[C@H]3Cc3ccccc3)c2n1. The summed E-state index contributed by atoms with van der Waals surface area (Å²) in [5.41, 5.74) is 6.74. The molecule has 37 heavy (non-hydrogen) atoms. The Hall–Kier alpha value is -3.93. The van der Waals surface area contributed by atoms with E-state index in [1.54, 1.807) is 0 Å². The lowest BCUT2D eigenvalue weighted by molar-refractivity contribution is -0.129. The Morgan fingerprint density at radius 2 is 1.73 bits per heavy atom. The number of amides is 2. The van der Waals surface area contributed by atoms with Crippen molar-refractivity contribution in [2.45, 2.75) is 58.5 Å². The van der Waals surface area contributed by atoms with Gasteiger partial charge in [0.05, 0.1) is 6.04 Å². The molecule has 3 heterocycles. The van der Waals surface area contributed by atoms with E-state index in [9.17, 15) is 9.59 Å². The van der Waals surface area contributed by atoms with Crippen LogP contribution in [0.1, 0.15) is 42.5 Å². The zero-order valence-electron chi connectivity index (χ0n) is 21.5. The van der Waals surface area contributed by atoms with Gasteiger partial charge in [-0.3, -0.25) is 4.79 Å². The Labute approximate surface area is 217 Å². The minimum absolute atomic E-state index is 0.144. The number of nitrogens with zero attached hydrogens (tertiary/aromatic N) is 3. The van der Waals surface area contributed by atoms with Gasteiger partial charge in [-0.25, -0.2) is 14.7 Å². The molecule has 1 atom stereocenters. The van der Waals surface area contributed by atoms with Crippen LogP contribution in [0.4, 0.5) is 4.79 Å². The predicted molar refractivity (Wildman–Crippen MR) is 145 cm³/mol. The summed E-state index contributed by atoms with van der Waals surface area (Å²) in [5.74, 6) is -0.144. The molecular formula is C31H33N3O3. The van der Waals surface area contributed by atoms with E-state index in [2.05, 4.69) is 48.0 Å². The van der Waals surface area contributed by atoms with Gasteiger partial charge in [-0.15, -0.1) is 0 Å². The van der Waals surface area contributed by atoms with Gasteiger partial charge in [0.1, 0.15) is 12.3 Å². The van der Waals surface area contributed by atoms with Gasteiger partial charge in [0.25, 0.3) is 0 Å². The number of carbonyl (C=O) groups is 2. The van der Waals surface area contributed by atoms with Gasteiger partial charge in [-0.1, -0.05) is 67.1 Å². The van der Waals surface area contributed by atoms with E-state index in [0.29, 0.717) is 12.8 Å². The van der Waals surface area contributed by atoms with Crippen LogP contribution in [0.5, 0.6) is 0 Å². The fraction of sp³-hybridized carbons (Fsp3) is 0.323. The zero-order valence-corrected chi connectivity index (χ0v) is 21.5. The van der Waals surface area contributed by atoms with Crippen molar-refractivity contribution in [3.8, 4) is 11.1 Å². The van der Waals surface area contributed by atoms with Crippen LogP contribution >= 0.6 is 0 Å². The molecule has 1 saturated heterocycles. The quantitative estimate of drug-likeness (QED) is 0.250. The van der Waals surface area contributed by atoms with Crippen molar-refractivity contribution in [2.75, 3.05) is 6.61 Å². The first kappa shape index (κ1) is 24.8. The average molecular weight is 496 g/mol. The number of rotatable bonds is 9. The van der Waals surface area contributed by atoms with E-state index in [4.69, 9.17) is 9.72 Å². The molecule has 6 heteroatoms. The normalized spacial score (nSPS) is 15.4. The number of hydrogen-bond donors (Lipinski definition) is 0. The molecule has 2 aromatic carbocycles. The van der Waals surface area contributed by atoms with Gasteiger partial charge in [0.2, 0.25) is 5.91 Å². The maximum Gasteiger partial charge on any atom is 0.416 e. The van der Waals surface area contributed by atoms with Crippen molar-refractivity contribution in [3.63, 3.8) is 0 Å². The van der Waals surface area contributed by atoms with Gasteiger partial charge >= 0.3 is 6.09 Å². The van der Waals surface area contributed by atoms with Gasteiger partial charge < -0.3 is 9.30 Å². The number of imide groups is 1. The van der Waals surface area contributed by atoms with Crippen LogP contribution in [0.2, 0.25) is 0 Å². The molecule has 0 unspecified atom stereocenters. The van der Waals surface area contributed by atoms with Crippen LogP contribution < -0.4 is 0 Å². The maximum atomic E-state index is 12.9. The average Bonchev–Trinajstić information content (AvgIpc) is 3.45. The topological polar surface area (TPSA) is 64.4 Å². The molecule has 0 aliphatic carbocycles. The standard InChI is InChI=1S/C31H33N3O3/c1-22-18-23(2)32-30-29(22)27(25-14-8-4-9-15-25)20-33(30)17-11-5-10-16-28(35)34-26(21-37-31(34)36)19-24-12-6-3-7-13-24/h3-4,6-9,12-15,18,20,26H,5,10-11,16-17,19,21H2,1-2H3/t26-/m1/s1. The summed E-state index contributed by atoms with van der Waals surface area (Å²) in [6, 6.07) is 22.3. The number of hydrogen-bond acceptors (Lipinski definition) is 4. The summed E-state index contributed by atoms with van der Waals surface area (Å²) in [5, 5.41) is 1.20. The van der Waals surface area contributed by atoms with E-state index in [-0.39, 0.29) is 18.6 Å². The molecule has 1 fully saturated rings. The molecule has 5 rings (SSSR count). The summed E-state index contributed by atoms with van der Waals surface area (Å²) in [6.45, 7) is 5.27. The third-order valence-electron chi connectivity index (χ3n) is 7.07. The first-order valence-electron chi connectivity index (χ1n) is 13.1. The summed E-state index contributed by atoms with van der Waals surface area (Å²) in [6.07, 6.45) is 5.21. The highest BCUT2D eigenvalue weighted by molar-refractivity contribution is 5.96. The number of aryl methyl sites for hydroxylation is 3. The maximum absolute atomic E-state index is 12.9. The molecule has 6 nitrogen and oxygen atoms in total. The fourth-order valence-corrected chi connectivity index (χ4v) is 5.30. The highest BCUT2D eigenvalue weighted by Gasteiger charge is 2.37. The van der Waals surface area contributed by atoms with Crippen molar-refractivity contribution in [2.24, 2.45) is 0 Å². The van der Waals surface area contributed by atoms with Crippen molar-refractivity contribution >= 4 is 23.0 Å². The largest absolute Gasteiger partial charge is 0.447 e. The van der Waals surface area contributed by atoms with Crippen LogP contribution in [0.25, 0.3) is 22.2 Å².